The molecule has 0 bridgehead atoms. The van der Waals surface area contributed by atoms with Crippen molar-refractivity contribution in [1.29, 1.82) is 0 Å². The molecule has 0 aliphatic heterocycles. The molecule has 0 nitrogen and oxygen atoms in total. The fraction of sp³-hybridized carbons (Fsp3) is 0.231. The molecule has 2 aliphatic rings. The smallest absolute Gasteiger partial charge is 0.0718 e. The number of hydrogen-bond acceptors (Lipinski definition) is 0. The van der Waals surface area contributed by atoms with Crippen LogP contribution in [0, 0.1) is 6.92 Å². The van der Waals surface area contributed by atoms with Crippen molar-refractivity contribution in [2.24, 2.45) is 0 Å². The van der Waals surface area contributed by atoms with Crippen LogP contribution in [0.1, 0.15) is 45.8 Å². The van der Waals surface area contributed by atoms with E-state index in [0.717, 1.165) is 4.47 Å². The third kappa shape index (κ3) is 2.54. The van der Waals surface area contributed by atoms with Gasteiger partial charge in [0.1, 0.15) is 0 Å². The van der Waals surface area contributed by atoms with Gasteiger partial charge in [0.25, 0.3) is 0 Å². The molecule has 2 unspecified atom stereocenters. The Morgan fingerprint density at radius 3 is 2.54 bits per heavy atom. The normalized spacial score (nSPS) is 20.4. The minimum absolute atomic E-state index is 0.561. The Labute approximate surface area is 177 Å². The van der Waals surface area contributed by atoms with E-state index in [-0.39, 0.29) is 0 Å². The van der Waals surface area contributed by atoms with E-state index in [1.54, 1.807) is 11.1 Å². The second-order valence-electron chi connectivity index (χ2n) is 8.98. The van der Waals surface area contributed by atoms with Gasteiger partial charge in [-0.15, -0.1) is 0 Å². The summed E-state index contributed by atoms with van der Waals surface area (Å²) in [4.78, 5) is 0. The average molecular weight is 445 g/mol. The van der Waals surface area contributed by atoms with Crippen molar-refractivity contribution in [3.8, 4) is 0 Å². The summed E-state index contributed by atoms with van der Waals surface area (Å²) in [5, 5.41) is 2.73. The average Bonchev–Trinajstić information content (AvgIpc) is 3.23. The SMILES string of the molecule is CC1=Cc2c(cc3cc(Br)ccc3c2C)C1[Si](C)(C)C1C=Cc2ccccc21. The molecule has 0 radical (unpaired) electrons. The number of hydrogen-bond donors (Lipinski definition) is 0. The quantitative estimate of drug-likeness (QED) is 0.351. The molecule has 140 valence electrons. The van der Waals surface area contributed by atoms with Gasteiger partial charge in [0.2, 0.25) is 0 Å². The number of fused-ring (bicyclic) bond motifs is 3. The maximum Gasteiger partial charge on any atom is 0.0718 e. The van der Waals surface area contributed by atoms with Crippen molar-refractivity contribution in [1.82, 2.24) is 0 Å². The van der Waals surface area contributed by atoms with E-state index in [2.05, 4.69) is 110 Å². The Bertz CT molecular complexity index is 1180. The van der Waals surface area contributed by atoms with Crippen LogP contribution in [0.4, 0.5) is 0 Å². The van der Waals surface area contributed by atoms with Gasteiger partial charge in [-0.3, -0.25) is 0 Å². The summed E-state index contributed by atoms with van der Waals surface area (Å²) in [6, 6.07) is 18.1. The number of halogens is 1. The lowest BCUT2D eigenvalue weighted by Gasteiger charge is -2.37. The minimum Gasteiger partial charge on any atom is -0.0791 e. The first-order valence-electron chi connectivity index (χ1n) is 10.1. The lowest BCUT2D eigenvalue weighted by molar-refractivity contribution is 1.00. The van der Waals surface area contributed by atoms with Crippen LogP contribution in [-0.2, 0) is 0 Å². The monoisotopic (exact) mass is 444 g/mol. The van der Waals surface area contributed by atoms with Crippen molar-refractivity contribution in [2.75, 3.05) is 0 Å². The summed E-state index contributed by atoms with van der Waals surface area (Å²) in [6.07, 6.45) is 7.29. The van der Waals surface area contributed by atoms with Gasteiger partial charge >= 0.3 is 0 Å². The van der Waals surface area contributed by atoms with Gasteiger partial charge in [0, 0.05) is 10.0 Å². The predicted octanol–water partition coefficient (Wildman–Crippen LogP) is 8.01. The van der Waals surface area contributed by atoms with E-state index < -0.39 is 8.07 Å². The summed E-state index contributed by atoms with van der Waals surface area (Å²) in [5.41, 5.74) is 10.1. The molecule has 3 aromatic rings. The van der Waals surface area contributed by atoms with Crippen LogP contribution in [0.25, 0.3) is 22.9 Å². The van der Waals surface area contributed by atoms with Crippen LogP contribution < -0.4 is 0 Å². The highest BCUT2D eigenvalue weighted by Crippen LogP contribution is 2.51. The molecule has 0 aromatic heterocycles. The third-order valence-electron chi connectivity index (χ3n) is 6.93. The fourth-order valence-electron chi connectivity index (χ4n) is 5.65. The van der Waals surface area contributed by atoms with E-state index in [4.69, 9.17) is 0 Å². The van der Waals surface area contributed by atoms with Crippen LogP contribution in [0.2, 0.25) is 13.1 Å². The summed E-state index contributed by atoms with van der Waals surface area (Å²) in [7, 11) is -1.69. The number of rotatable bonds is 2. The maximum absolute atomic E-state index is 3.66. The van der Waals surface area contributed by atoms with Gasteiger partial charge in [-0.2, -0.15) is 0 Å². The molecule has 0 amide bonds. The zero-order valence-corrected chi connectivity index (χ0v) is 19.5. The molecule has 0 fully saturated rings. The van der Waals surface area contributed by atoms with Gasteiger partial charge in [0.15, 0.2) is 0 Å². The van der Waals surface area contributed by atoms with Crippen LogP contribution in [0.5, 0.6) is 0 Å². The first kappa shape index (κ1) is 18.1. The van der Waals surface area contributed by atoms with Crippen molar-refractivity contribution < 1.29 is 0 Å². The highest BCUT2D eigenvalue weighted by molar-refractivity contribution is 9.10. The fourth-order valence-corrected chi connectivity index (χ4v) is 10.3. The topological polar surface area (TPSA) is 0 Å². The molecular formula is C26H25BrSi. The Balaban J connectivity index is 1.68. The van der Waals surface area contributed by atoms with Gasteiger partial charge in [-0.25, -0.2) is 0 Å². The summed E-state index contributed by atoms with van der Waals surface area (Å²) in [6.45, 7) is 9.81. The second kappa shape index (κ2) is 6.30. The molecule has 0 spiro atoms. The molecule has 5 rings (SSSR count). The van der Waals surface area contributed by atoms with Crippen LogP contribution >= 0.6 is 15.9 Å². The van der Waals surface area contributed by atoms with Gasteiger partial charge < -0.3 is 0 Å². The third-order valence-corrected chi connectivity index (χ3v) is 11.8. The highest BCUT2D eigenvalue weighted by Gasteiger charge is 2.45. The summed E-state index contributed by atoms with van der Waals surface area (Å²) in [5.74, 6) is 0. The molecule has 0 N–H and O–H groups in total. The van der Waals surface area contributed by atoms with Crippen molar-refractivity contribution in [3.63, 3.8) is 0 Å². The lowest BCUT2D eigenvalue weighted by Crippen LogP contribution is -2.41. The van der Waals surface area contributed by atoms with Gasteiger partial charge in [0.05, 0.1) is 8.07 Å². The first-order valence-corrected chi connectivity index (χ1v) is 14.0. The zero-order valence-electron chi connectivity index (χ0n) is 16.9. The van der Waals surface area contributed by atoms with E-state index in [1.807, 2.05) is 0 Å². The zero-order chi connectivity index (χ0) is 19.6. The van der Waals surface area contributed by atoms with Crippen molar-refractivity contribution in [3.05, 3.63) is 92.5 Å². The Kier molecular flexibility index (Phi) is 4.08. The molecular weight excluding hydrogens is 420 g/mol. The Morgan fingerprint density at radius 1 is 0.929 bits per heavy atom. The van der Waals surface area contributed by atoms with E-state index in [0.29, 0.717) is 11.1 Å². The van der Waals surface area contributed by atoms with Crippen LogP contribution in [-0.4, -0.2) is 8.07 Å². The Hall–Kier alpha value is -1.90. The van der Waals surface area contributed by atoms with Crippen molar-refractivity contribution in [2.45, 2.75) is 38.0 Å². The van der Waals surface area contributed by atoms with Crippen LogP contribution in [0.15, 0.2) is 64.7 Å². The minimum atomic E-state index is -1.69. The molecule has 2 aliphatic carbocycles. The number of benzene rings is 3. The standard InChI is InChI=1S/C26H25BrSi/c1-16-13-23-17(2)21-11-10-20(27)14-19(21)15-24(23)26(16)28(3,4)25-12-9-18-7-5-6-8-22(18)25/h5-15,25-26H,1-4H3. The van der Waals surface area contributed by atoms with E-state index >= 15 is 0 Å². The number of aryl methyl sites for hydroxylation is 1. The summed E-state index contributed by atoms with van der Waals surface area (Å²) < 4.78 is 1.16. The molecule has 2 atom stereocenters. The first-order chi connectivity index (χ1) is 13.4. The van der Waals surface area contributed by atoms with E-state index in [9.17, 15) is 0 Å². The molecule has 0 saturated carbocycles. The molecule has 2 heteroatoms. The van der Waals surface area contributed by atoms with Gasteiger partial charge in [-0.1, -0.05) is 89.2 Å². The lowest BCUT2D eigenvalue weighted by atomic mass is 9.96. The van der Waals surface area contributed by atoms with Crippen LogP contribution in [0.3, 0.4) is 0 Å². The maximum atomic E-state index is 3.66. The Morgan fingerprint density at radius 2 is 1.71 bits per heavy atom. The highest BCUT2D eigenvalue weighted by atomic mass is 79.9. The van der Waals surface area contributed by atoms with Gasteiger partial charge in [-0.05, 0) is 70.1 Å². The predicted molar refractivity (Wildman–Crippen MR) is 128 cm³/mol. The molecule has 0 saturated heterocycles. The largest absolute Gasteiger partial charge is 0.0791 e. The number of allylic oxidation sites excluding steroid dienone is 2. The van der Waals surface area contributed by atoms with Crippen molar-refractivity contribution >= 4 is 46.9 Å². The molecule has 3 aromatic carbocycles. The molecule has 28 heavy (non-hydrogen) atoms. The van der Waals surface area contributed by atoms with E-state index in [1.165, 1.54) is 33.0 Å². The summed E-state index contributed by atoms with van der Waals surface area (Å²) >= 11 is 3.66. The molecule has 0 heterocycles. The second-order valence-corrected chi connectivity index (χ2v) is 14.7.